The van der Waals surface area contributed by atoms with Crippen molar-refractivity contribution >= 4 is 0 Å². The van der Waals surface area contributed by atoms with Gasteiger partial charge in [-0.25, -0.2) is 4.39 Å². The summed E-state index contributed by atoms with van der Waals surface area (Å²) >= 11 is 0. The van der Waals surface area contributed by atoms with E-state index in [9.17, 15) is 4.39 Å². The van der Waals surface area contributed by atoms with Crippen LogP contribution in [0.15, 0.2) is 18.2 Å². The number of hydrogen-bond donors (Lipinski definition) is 0. The highest BCUT2D eigenvalue weighted by molar-refractivity contribution is 5.35. The minimum atomic E-state index is -0.0498. The maximum atomic E-state index is 12.9. The van der Waals surface area contributed by atoms with Crippen molar-refractivity contribution < 1.29 is 4.39 Å². The molecule has 0 saturated heterocycles. The summed E-state index contributed by atoms with van der Waals surface area (Å²) in [6, 6.07) is 5.28. The van der Waals surface area contributed by atoms with Crippen molar-refractivity contribution in [3.05, 3.63) is 41.6 Å². The third-order valence-corrected chi connectivity index (χ3v) is 1.93. The Bertz CT molecular complexity index is 253. The summed E-state index contributed by atoms with van der Waals surface area (Å²) in [4.78, 5) is 0. The first-order valence-electron chi connectivity index (χ1n) is 3.46. The lowest BCUT2D eigenvalue weighted by atomic mass is 10.1. The van der Waals surface area contributed by atoms with Gasteiger partial charge in [0.15, 0.2) is 0 Å². The Morgan fingerprint density at radius 3 is 2.90 bits per heavy atom. The fourth-order valence-corrected chi connectivity index (χ4v) is 1.40. The maximum Gasteiger partial charge on any atom is 0.126 e. The zero-order valence-corrected chi connectivity index (χ0v) is 5.60. The summed E-state index contributed by atoms with van der Waals surface area (Å²) in [6.45, 7) is 0. The molecule has 0 aliphatic heterocycles. The van der Waals surface area contributed by atoms with Gasteiger partial charge in [0.1, 0.15) is 5.82 Å². The molecule has 1 aromatic rings. The Morgan fingerprint density at radius 2 is 2.10 bits per heavy atom. The molecule has 0 saturated carbocycles. The van der Waals surface area contributed by atoms with E-state index in [4.69, 9.17) is 0 Å². The van der Waals surface area contributed by atoms with Crippen molar-refractivity contribution in [2.24, 2.45) is 0 Å². The van der Waals surface area contributed by atoms with Crippen LogP contribution < -0.4 is 0 Å². The quantitative estimate of drug-likeness (QED) is 0.511. The Balaban J connectivity index is 2.59. The van der Waals surface area contributed by atoms with Crippen LogP contribution in [0.2, 0.25) is 0 Å². The van der Waals surface area contributed by atoms with E-state index in [0.29, 0.717) is 0 Å². The van der Waals surface area contributed by atoms with Gasteiger partial charge in [-0.15, -0.1) is 0 Å². The van der Waals surface area contributed by atoms with E-state index in [-0.39, 0.29) is 5.82 Å². The second kappa shape index (κ2) is 2.08. The lowest BCUT2D eigenvalue weighted by Gasteiger charge is -1.97. The molecule has 0 amide bonds. The van der Waals surface area contributed by atoms with E-state index in [1.165, 1.54) is 6.07 Å². The number of fused-ring (bicyclic) bond motifs is 1. The first kappa shape index (κ1) is 5.90. The minimum absolute atomic E-state index is 0.0498. The van der Waals surface area contributed by atoms with Crippen LogP contribution in [0, 0.1) is 12.2 Å². The number of rotatable bonds is 0. The smallest absolute Gasteiger partial charge is 0.126 e. The molecule has 0 atom stereocenters. The third-order valence-electron chi connectivity index (χ3n) is 1.93. The van der Waals surface area contributed by atoms with Crippen LogP contribution in [0.5, 0.6) is 0 Å². The van der Waals surface area contributed by atoms with Crippen LogP contribution in [0.4, 0.5) is 4.39 Å². The van der Waals surface area contributed by atoms with Crippen LogP contribution in [0.1, 0.15) is 11.1 Å². The van der Waals surface area contributed by atoms with E-state index in [2.05, 4.69) is 6.42 Å². The van der Waals surface area contributed by atoms with Gasteiger partial charge < -0.3 is 0 Å². The SMILES string of the molecule is Fc1cccc2c1C[CH]C2. The highest BCUT2D eigenvalue weighted by atomic mass is 19.1. The molecule has 0 heterocycles. The molecule has 2 rings (SSSR count). The molecule has 10 heavy (non-hydrogen) atoms. The third kappa shape index (κ3) is 0.737. The molecule has 0 N–H and O–H groups in total. The molecule has 0 fully saturated rings. The van der Waals surface area contributed by atoms with Crippen molar-refractivity contribution in [1.29, 1.82) is 0 Å². The molecule has 1 aliphatic rings. The predicted molar refractivity (Wildman–Crippen MR) is 38.1 cm³/mol. The van der Waals surface area contributed by atoms with Crippen molar-refractivity contribution in [2.75, 3.05) is 0 Å². The first-order chi connectivity index (χ1) is 4.88. The largest absolute Gasteiger partial charge is 0.207 e. The fraction of sp³-hybridized carbons (Fsp3) is 0.222. The molecule has 1 aliphatic carbocycles. The Labute approximate surface area is 59.7 Å². The van der Waals surface area contributed by atoms with Crippen LogP contribution in [-0.4, -0.2) is 0 Å². The van der Waals surface area contributed by atoms with E-state index >= 15 is 0 Å². The van der Waals surface area contributed by atoms with Crippen LogP contribution in [0.3, 0.4) is 0 Å². The molecular formula is C9H8F. The van der Waals surface area contributed by atoms with Gasteiger partial charge in [-0.1, -0.05) is 12.1 Å². The summed E-state index contributed by atoms with van der Waals surface area (Å²) in [7, 11) is 0. The van der Waals surface area contributed by atoms with Crippen molar-refractivity contribution in [2.45, 2.75) is 12.8 Å². The number of benzene rings is 1. The average Bonchev–Trinajstić information content (AvgIpc) is 2.36. The topological polar surface area (TPSA) is 0 Å². The van der Waals surface area contributed by atoms with Gasteiger partial charge in [0.25, 0.3) is 0 Å². The number of hydrogen-bond acceptors (Lipinski definition) is 0. The zero-order valence-electron chi connectivity index (χ0n) is 5.60. The zero-order chi connectivity index (χ0) is 6.97. The highest BCUT2D eigenvalue weighted by Crippen LogP contribution is 2.22. The first-order valence-corrected chi connectivity index (χ1v) is 3.46. The van der Waals surface area contributed by atoms with E-state index in [1.807, 2.05) is 6.07 Å². The molecular weight excluding hydrogens is 127 g/mol. The average molecular weight is 135 g/mol. The minimum Gasteiger partial charge on any atom is -0.207 e. The lowest BCUT2D eigenvalue weighted by Crippen LogP contribution is -1.85. The van der Waals surface area contributed by atoms with Gasteiger partial charge in [-0.2, -0.15) is 0 Å². The summed E-state index contributed by atoms with van der Waals surface area (Å²) < 4.78 is 12.9. The highest BCUT2D eigenvalue weighted by Gasteiger charge is 2.13. The molecule has 0 unspecified atom stereocenters. The van der Waals surface area contributed by atoms with Gasteiger partial charge in [-0.05, 0) is 36.5 Å². The van der Waals surface area contributed by atoms with Crippen LogP contribution >= 0.6 is 0 Å². The Kier molecular flexibility index (Phi) is 1.23. The summed E-state index contributed by atoms with van der Waals surface area (Å²) in [5.74, 6) is -0.0498. The van der Waals surface area contributed by atoms with Crippen molar-refractivity contribution in [3.63, 3.8) is 0 Å². The fourth-order valence-electron chi connectivity index (χ4n) is 1.40. The molecule has 51 valence electrons. The molecule has 1 heteroatoms. The standard InChI is InChI=1S/C9H8F/c10-9-6-2-4-7-3-1-5-8(7)9/h1-2,4,6H,3,5H2. The van der Waals surface area contributed by atoms with Gasteiger partial charge in [0.05, 0.1) is 0 Å². The summed E-state index contributed by atoms with van der Waals surface area (Å²) in [5.41, 5.74) is 2.04. The van der Waals surface area contributed by atoms with E-state index in [0.717, 1.165) is 24.0 Å². The summed E-state index contributed by atoms with van der Waals surface area (Å²) in [6.07, 6.45) is 3.85. The van der Waals surface area contributed by atoms with Crippen molar-refractivity contribution in [1.82, 2.24) is 0 Å². The second-order valence-corrected chi connectivity index (χ2v) is 2.57. The van der Waals surface area contributed by atoms with Crippen molar-refractivity contribution in [3.8, 4) is 0 Å². The van der Waals surface area contributed by atoms with Crippen LogP contribution in [-0.2, 0) is 12.8 Å². The maximum absolute atomic E-state index is 12.9. The second-order valence-electron chi connectivity index (χ2n) is 2.57. The Hall–Kier alpha value is -0.850. The lowest BCUT2D eigenvalue weighted by molar-refractivity contribution is 0.615. The molecule has 1 aromatic carbocycles. The molecule has 0 bridgehead atoms. The van der Waals surface area contributed by atoms with Gasteiger partial charge >= 0.3 is 0 Å². The number of halogens is 1. The molecule has 1 radical (unpaired) electrons. The van der Waals surface area contributed by atoms with Crippen LogP contribution in [0.25, 0.3) is 0 Å². The summed E-state index contributed by atoms with van der Waals surface area (Å²) in [5, 5.41) is 0. The normalized spacial score (nSPS) is 15.3. The molecule has 0 aromatic heterocycles. The van der Waals surface area contributed by atoms with E-state index in [1.54, 1.807) is 6.07 Å². The predicted octanol–water partition coefficient (Wildman–Crippen LogP) is 2.13. The van der Waals surface area contributed by atoms with Gasteiger partial charge in [0.2, 0.25) is 0 Å². The molecule has 0 spiro atoms. The Morgan fingerprint density at radius 1 is 1.20 bits per heavy atom. The molecule has 0 nitrogen and oxygen atoms in total. The van der Waals surface area contributed by atoms with Gasteiger partial charge in [0, 0.05) is 0 Å². The van der Waals surface area contributed by atoms with E-state index < -0.39 is 0 Å². The monoisotopic (exact) mass is 135 g/mol. The van der Waals surface area contributed by atoms with Gasteiger partial charge in [-0.3, -0.25) is 0 Å².